The maximum Gasteiger partial charge on any atom is 0.318 e. The van der Waals surface area contributed by atoms with Gasteiger partial charge in [-0.3, -0.25) is 4.90 Å². The Morgan fingerprint density at radius 3 is 2.33 bits per heavy atom. The summed E-state index contributed by atoms with van der Waals surface area (Å²) in [6, 6.07) is 21.1. The summed E-state index contributed by atoms with van der Waals surface area (Å²) in [7, 11) is 1.66. The first-order chi connectivity index (χ1) is 22.1. The zero-order valence-corrected chi connectivity index (χ0v) is 29.2. The van der Waals surface area contributed by atoms with Crippen LogP contribution in [0.2, 0.25) is 0 Å². The van der Waals surface area contributed by atoms with E-state index in [1.54, 1.807) is 12.5 Å². The van der Waals surface area contributed by atoms with Gasteiger partial charge < -0.3 is 15.6 Å². The highest BCUT2D eigenvalue weighted by atomic mass is 32.2. The topological polar surface area (TPSA) is 84.7 Å². The molecule has 0 aromatic heterocycles. The van der Waals surface area contributed by atoms with Crippen LogP contribution in [0.3, 0.4) is 0 Å². The number of nitrogens with two attached hydrogens (primary N) is 1. The number of urea groups is 1. The van der Waals surface area contributed by atoms with E-state index in [2.05, 4.69) is 85.0 Å². The van der Waals surface area contributed by atoms with Crippen molar-refractivity contribution in [3.05, 3.63) is 111 Å². The lowest BCUT2D eigenvalue weighted by molar-refractivity contribution is 0.255. The number of hydrogen-bond acceptors (Lipinski definition) is 4. The van der Waals surface area contributed by atoms with Gasteiger partial charge in [0.1, 0.15) is 5.41 Å². The summed E-state index contributed by atoms with van der Waals surface area (Å²) in [5.74, 6) is 0. The molecule has 6 nitrogen and oxygen atoms in total. The van der Waals surface area contributed by atoms with Crippen molar-refractivity contribution < 1.29 is 9.35 Å². The average molecular weight is 639 g/mol. The molecule has 1 atom stereocenters. The second-order valence-corrected chi connectivity index (χ2v) is 13.6. The Balaban J connectivity index is 1.50. The third-order valence-corrected chi connectivity index (χ3v) is 10.0. The largest absolute Gasteiger partial charge is 0.593 e. The number of primary amides is 1. The minimum Gasteiger partial charge on any atom is -0.593 e. The molecule has 244 valence electrons. The number of rotatable bonds is 8. The van der Waals surface area contributed by atoms with Crippen LogP contribution in [0.15, 0.2) is 83.4 Å². The predicted octanol–water partition coefficient (Wildman–Crippen LogP) is 8.87. The highest BCUT2D eigenvalue weighted by Crippen LogP contribution is 2.29. The Hall–Kier alpha value is -3.78. The van der Waals surface area contributed by atoms with E-state index in [-0.39, 0.29) is 0 Å². The fourth-order valence-corrected chi connectivity index (χ4v) is 6.96. The van der Waals surface area contributed by atoms with Crippen molar-refractivity contribution in [1.82, 2.24) is 9.62 Å². The highest BCUT2D eigenvalue weighted by Gasteiger charge is 2.20. The average Bonchev–Trinajstić information content (AvgIpc) is 3.08. The Morgan fingerprint density at radius 1 is 0.978 bits per heavy atom. The van der Waals surface area contributed by atoms with Crippen molar-refractivity contribution in [2.45, 2.75) is 73.1 Å². The molecule has 1 aliphatic rings. The fraction of sp³-hybridized carbons (Fsp3) is 0.359. The van der Waals surface area contributed by atoms with Gasteiger partial charge in [-0.25, -0.2) is 4.79 Å². The minimum atomic E-state index is -1.28. The molecule has 1 aliphatic heterocycles. The summed E-state index contributed by atoms with van der Waals surface area (Å²) in [4.78, 5) is 13.1. The number of amides is 2. The Bertz CT molecular complexity index is 1570. The van der Waals surface area contributed by atoms with Gasteiger partial charge in [-0.2, -0.15) is 0 Å². The Morgan fingerprint density at radius 2 is 1.67 bits per heavy atom. The number of allylic oxidation sites excluding steroid dienone is 2. The van der Waals surface area contributed by atoms with Gasteiger partial charge in [-0.15, -0.1) is 4.31 Å². The molecule has 1 unspecified atom stereocenters. The fourth-order valence-electron chi connectivity index (χ4n) is 5.96. The number of nitrogens with one attached hydrogen (secondary N) is 1. The van der Waals surface area contributed by atoms with Crippen LogP contribution in [0, 0.1) is 13.8 Å². The van der Waals surface area contributed by atoms with Crippen molar-refractivity contribution >= 4 is 34.9 Å². The lowest BCUT2D eigenvalue weighted by Crippen LogP contribution is -2.32. The van der Waals surface area contributed by atoms with Crippen molar-refractivity contribution in [3.8, 4) is 11.1 Å². The standard InChI is InChI=1S/C39H50N4O2S/c1-7-12-31-16-18-32(19-17-31)33-14-11-15-34(27-33)38-28(3)13-9-10-22-43(23-20-35(8-2)41-38)46(45)24-21-37-29(4)25-36(26-30(37)5)42(6)39(40)44/h8,11,14-19,21,24-27,41H,7,9-10,12-13,20,22-23H2,1-6H3,(H2,40,44)/b24-21+,35-8?,38-28+. The van der Waals surface area contributed by atoms with Crippen molar-refractivity contribution in [3.63, 3.8) is 0 Å². The Kier molecular flexibility index (Phi) is 12.7. The van der Waals surface area contributed by atoms with E-state index in [1.165, 1.54) is 38.4 Å². The smallest absolute Gasteiger partial charge is 0.318 e. The number of nitrogens with zero attached hydrogens (tertiary/aromatic N) is 2. The molecule has 46 heavy (non-hydrogen) atoms. The summed E-state index contributed by atoms with van der Waals surface area (Å²) < 4.78 is 15.7. The summed E-state index contributed by atoms with van der Waals surface area (Å²) in [5, 5.41) is 5.58. The van der Waals surface area contributed by atoms with Gasteiger partial charge in [-0.05, 0) is 122 Å². The zero-order valence-electron chi connectivity index (χ0n) is 28.4. The van der Waals surface area contributed by atoms with Crippen LogP contribution < -0.4 is 16.0 Å². The predicted molar refractivity (Wildman–Crippen MR) is 196 cm³/mol. The molecule has 3 aromatic carbocycles. The van der Waals surface area contributed by atoms with Crippen LogP contribution in [-0.4, -0.2) is 35.0 Å². The number of anilines is 1. The number of aryl methyl sites for hydroxylation is 3. The van der Waals surface area contributed by atoms with Crippen LogP contribution in [0.5, 0.6) is 0 Å². The molecule has 3 aromatic rings. The lowest BCUT2D eigenvalue weighted by atomic mass is 9.97. The molecule has 0 saturated heterocycles. The van der Waals surface area contributed by atoms with Crippen LogP contribution in [0.1, 0.15) is 80.7 Å². The van der Waals surface area contributed by atoms with Gasteiger partial charge in [0.2, 0.25) is 0 Å². The summed E-state index contributed by atoms with van der Waals surface area (Å²) >= 11 is -1.28. The van der Waals surface area contributed by atoms with Gasteiger partial charge >= 0.3 is 6.03 Å². The van der Waals surface area contributed by atoms with Crippen LogP contribution in [0.4, 0.5) is 10.5 Å². The monoisotopic (exact) mass is 638 g/mol. The minimum absolute atomic E-state index is 0.503. The molecule has 0 fully saturated rings. The number of hydrogen-bond donors (Lipinski definition) is 2. The molecule has 0 saturated carbocycles. The molecule has 3 N–H and O–H groups in total. The summed E-state index contributed by atoms with van der Waals surface area (Å²) in [5.41, 5.74) is 17.9. The second-order valence-electron chi connectivity index (χ2n) is 12.2. The van der Waals surface area contributed by atoms with E-state index in [9.17, 15) is 9.35 Å². The first kappa shape index (κ1) is 35.1. The molecule has 4 rings (SSSR count). The highest BCUT2D eigenvalue weighted by molar-refractivity contribution is 7.92. The third kappa shape index (κ3) is 9.15. The van der Waals surface area contributed by atoms with Gasteiger partial charge in [0, 0.05) is 37.1 Å². The van der Waals surface area contributed by atoms with Crippen molar-refractivity contribution in [2.75, 3.05) is 25.0 Å². The maximum absolute atomic E-state index is 13.6. The van der Waals surface area contributed by atoms with Crippen molar-refractivity contribution in [2.24, 2.45) is 5.73 Å². The lowest BCUT2D eigenvalue weighted by Gasteiger charge is -2.23. The molecule has 0 bridgehead atoms. The molecule has 0 radical (unpaired) electrons. The van der Waals surface area contributed by atoms with Gasteiger partial charge in [0.05, 0.1) is 17.9 Å². The van der Waals surface area contributed by atoms with E-state index >= 15 is 0 Å². The summed E-state index contributed by atoms with van der Waals surface area (Å²) in [6.45, 7) is 12.0. The van der Waals surface area contributed by atoms with Crippen molar-refractivity contribution in [1.29, 1.82) is 0 Å². The van der Waals surface area contributed by atoms with E-state index in [0.29, 0.717) is 6.54 Å². The zero-order chi connectivity index (χ0) is 33.2. The summed E-state index contributed by atoms with van der Waals surface area (Å²) in [6.07, 6.45) is 10.1. The molecular formula is C39H50N4O2S. The van der Waals surface area contributed by atoms with E-state index in [1.807, 2.05) is 32.1 Å². The SMILES string of the molecule is CC=C1CCN([S+]([O-])/C=C/c2c(C)cc(N(C)C(N)=O)cc2C)CCCC/C(C)=C(\c2cccc(-c3ccc(CCC)cc3)c2)N1. The molecule has 0 spiro atoms. The molecule has 7 heteroatoms. The number of benzene rings is 3. The molecule has 1 heterocycles. The number of carbonyl (C=O) groups is 1. The van der Waals surface area contributed by atoms with Crippen LogP contribution in [-0.2, 0) is 17.8 Å². The van der Waals surface area contributed by atoms with Crippen LogP contribution >= 0.6 is 0 Å². The molecular weight excluding hydrogens is 589 g/mol. The molecule has 0 aliphatic carbocycles. The van der Waals surface area contributed by atoms with Gasteiger partial charge in [-0.1, -0.05) is 61.9 Å². The van der Waals surface area contributed by atoms with E-state index in [4.69, 9.17) is 5.73 Å². The Labute approximate surface area is 279 Å². The van der Waals surface area contributed by atoms with Gasteiger partial charge in [0.25, 0.3) is 0 Å². The molecule has 2 amide bonds. The van der Waals surface area contributed by atoms with E-state index < -0.39 is 17.4 Å². The van der Waals surface area contributed by atoms with E-state index in [0.717, 1.165) is 73.1 Å². The quantitative estimate of drug-likeness (QED) is 0.241. The third-order valence-electron chi connectivity index (χ3n) is 8.78. The first-order valence-electron chi connectivity index (χ1n) is 16.4. The first-order valence-corrected chi connectivity index (χ1v) is 17.6. The van der Waals surface area contributed by atoms with Crippen LogP contribution in [0.25, 0.3) is 22.9 Å². The second kappa shape index (κ2) is 16.7. The number of carbonyl (C=O) groups excluding carboxylic acids is 1. The maximum atomic E-state index is 13.6. The van der Waals surface area contributed by atoms with Gasteiger partial charge in [0.15, 0.2) is 0 Å². The normalized spacial score (nSPS) is 18.3.